The number of carboxylic acids is 1. The van der Waals surface area contributed by atoms with Gasteiger partial charge in [-0.2, -0.15) is 0 Å². The topological polar surface area (TPSA) is 114 Å². The number of carboxylic acid groups (broad SMARTS) is 1. The van der Waals surface area contributed by atoms with E-state index in [0.29, 0.717) is 23.0 Å². The van der Waals surface area contributed by atoms with E-state index in [4.69, 9.17) is 16.3 Å². The van der Waals surface area contributed by atoms with Crippen LogP contribution in [0.25, 0.3) is 0 Å². The second kappa shape index (κ2) is 10.8. The molecule has 2 atom stereocenters. The fourth-order valence-corrected chi connectivity index (χ4v) is 4.43. The Morgan fingerprint density at radius 3 is 2.72 bits per heavy atom. The number of aromatic nitrogens is 2. The summed E-state index contributed by atoms with van der Waals surface area (Å²) >= 11 is 6.35. The number of hydrogen-bond donors (Lipinski definition) is 2. The van der Waals surface area contributed by atoms with Gasteiger partial charge < -0.3 is 24.6 Å². The number of ether oxygens (including phenoxy) is 1. The Morgan fingerprint density at radius 2 is 2.00 bits per heavy atom. The Kier molecular flexibility index (Phi) is 7.59. The lowest BCUT2D eigenvalue weighted by molar-refractivity contribution is -0.145. The van der Waals surface area contributed by atoms with Gasteiger partial charge in [-0.3, -0.25) is 14.4 Å². The van der Waals surface area contributed by atoms with Crippen molar-refractivity contribution in [2.45, 2.75) is 44.9 Å². The summed E-state index contributed by atoms with van der Waals surface area (Å²) in [6.45, 7) is 2.00. The summed E-state index contributed by atoms with van der Waals surface area (Å²) in [4.78, 5) is 43.9. The Balaban J connectivity index is 1.63. The fourth-order valence-electron chi connectivity index (χ4n) is 4.24. The number of carbonyl (C=O) groups excluding carboxylic acids is 2. The third-order valence-electron chi connectivity index (χ3n) is 6.26. The number of hydrogen-bond acceptors (Lipinski definition) is 5. The largest absolute Gasteiger partial charge is 0.497 e. The summed E-state index contributed by atoms with van der Waals surface area (Å²) < 4.78 is 7.19. The molecule has 2 amide bonds. The van der Waals surface area contributed by atoms with Gasteiger partial charge in [-0.05, 0) is 36.2 Å². The van der Waals surface area contributed by atoms with Gasteiger partial charge in [0.2, 0.25) is 11.8 Å². The third-order valence-corrected chi connectivity index (χ3v) is 6.62. The monoisotopic (exact) mass is 510 g/mol. The van der Waals surface area contributed by atoms with Crippen LogP contribution >= 0.6 is 11.6 Å². The zero-order valence-electron chi connectivity index (χ0n) is 20.0. The van der Waals surface area contributed by atoms with Crippen LogP contribution in [0.2, 0.25) is 5.02 Å². The number of aliphatic carboxylic acids is 1. The van der Waals surface area contributed by atoms with Crippen molar-refractivity contribution in [3.05, 3.63) is 82.4 Å². The minimum Gasteiger partial charge on any atom is -0.497 e. The van der Waals surface area contributed by atoms with Gasteiger partial charge in [-0.1, -0.05) is 41.9 Å². The molecule has 4 rings (SSSR count). The summed E-state index contributed by atoms with van der Waals surface area (Å²) in [6.07, 6.45) is 1.91. The predicted octanol–water partition coefficient (Wildman–Crippen LogP) is 2.68. The molecule has 2 heterocycles. The lowest BCUT2D eigenvalue weighted by Gasteiger charge is -2.35. The van der Waals surface area contributed by atoms with Crippen molar-refractivity contribution in [3.63, 3.8) is 0 Å². The number of methoxy groups -OCH3 is 1. The van der Waals surface area contributed by atoms with Gasteiger partial charge in [0.25, 0.3) is 0 Å². The average Bonchev–Trinajstić information content (AvgIpc) is 3.26. The van der Waals surface area contributed by atoms with E-state index in [1.807, 2.05) is 34.9 Å². The minimum atomic E-state index is -1.15. The molecule has 0 spiro atoms. The molecule has 2 N–H and O–H groups in total. The number of nitrogens with zero attached hydrogens (tertiary/aromatic N) is 3. The highest BCUT2D eigenvalue weighted by atomic mass is 35.5. The van der Waals surface area contributed by atoms with Crippen molar-refractivity contribution in [2.24, 2.45) is 0 Å². The maximum absolute atomic E-state index is 13.5. The van der Waals surface area contributed by atoms with Gasteiger partial charge in [0.1, 0.15) is 17.8 Å². The molecule has 1 aliphatic rings. The molecule has 1 aliphatic heterocycles. The maximum atomic E-state index is 13.5. The number of rotatable bonds is 8. The number of nitrogens with one attached hydrogen (secondary N) is 1. The van der Waals surface area contributed by atoms with Gasteiger partial charge >= 0.3 is 5.97 Å². The van der Waals surface area contributed by atoms with Gasteiger partial charge in [0, 0.05) is 11.4 Å². The van der Waals surface area contributed by atoms with E-state index in [2.05, 4.69) is 10.3 Å². The minimum absolute atomic E-state index is 0.0590. The highest BCUT2D eigenvalue weighted by Crippen LogP contribution is 2.26. The first-order valence-electron chi connectivity index (χ1n) is 11.5. The van der Waals surface area contributed by atoms with Gasteiger partial charge in [-0.25, -0.2) is 4.98 Å². The van der Waals surface area contributed by atoms with Crippen LogP contribution in [0.4, 0.5) is 0 Å². The summed E-state index contributed by atoms with van der Waals surface area (Å²) in [6, 6.07) is 12.7. The van der Waals surface area contributed by atoms with Crippen LogP contribution in [-0.4, -0.2) is 56.5 Å². The number of benzene rings is 2. The lowest BCUT2D eigenvalue weighted by Crippen LogP contribution is -2.55. The molecule has 188 valence electrons. The van der Waals surface area contributed by atoms with Crippen LogP contribution in [0.5, 0.6) is 5.75 Å². The molecule has 0 bridgehead atoms. The average molecular weight is 511 g/mol. The number of imidazole rings is 1. The Hall–Kier alpha value is -3.85. The molecular formula is C26H27ClN4O5. The number of fused-ring (bicyclic) bond motifs is 1. The molecule has 0 aliphatic carbocycles. The molecule has 9 nitrogen and oxygen atoms in total. The van der Waals surface area contributed by atoms with Crippen molar-refractivity contribution in [1.82, 2.24) is 19.8 Å². The van der Waals surface area contributed by atoms with Crippen LogP contribution in [0.3, 0.4) is 0 Å². The first kappa shape index (κ1) is 25.2. The van der Waals surface area contributed by atoms with Crippen LogP contribution < -0.4 is 10.1 Å². The quantitative estimate of drug-likeness (QED) is 0.481. The Labute approximate surface area is 213 Å². The van der Waals surface area contributed by atoms with Crippen LogP contribution in [0, 0.1) is 0 Å². The zero-order valence-corrected chi connectivity index (χ0v) is 20.7. The van der Waals surface area contributed by atoms with Crippen LogP contribution in [0.1, 0.15) is 29.4 Å². The highest BCUT2D eigenvalue weighted by molar-refractivity contribution is 6.31. The van der Waals surface area contributed by atoms with Crippen molar-refractivity contribution < 1.29 is 24.2 Å². The summed E-state index contributed by atoms with van der Waals surface area (Å²) in [7, 11) is 1.55. The van der Waals surface area contributed by atoms with E-state index in [1.165, 1.54) is 11.8 Å². The second-order valence-electron chi connectivity index (χ2n) is 8.70. The molecule has 36 heavy (non-hydrogen) atoms. The van der Waals surface area contributed by atoms with Crippen LogP contribution in [-0.2, 0) is 40.3 Å². The lowest BCUT2D eigenvalue weighted by atomic mass is 9.99. The molecule has 0 radical (unpaired) electrons. The van der Waals surface area contributed by atoms with Gasteiger partial charge in [0.05, 0.1) is 44.3 Å². The van der Waals surface area contributed by atoms with E-state index in [0.717, 1.165) is 16.8 Å². The zero-order chi connectivity index (χ0) is 25.8. The van der Waals surface area contributed by atoms with E-state index >= 15 is 0 Å². The first-order valence-corrected chi connectivity index (χ1v) is 11.9. The fraction of sp³-hybridized carbons (Fsp3) is 0.308. The maximum Gasteiger partial charge on any atom is 0.325 e. The summed E-state index contributed by atoms with van der Waals surface area (Å²) in [5.74, 6) is -1.32. The second-order valence-corrected chi connectivity index (χ2v) is 9.10. The van der Waals surface area contributed by atoms with Crippen molar-refractivity contribution in [2.75, 3.05) is 7.11 Å². The predicted molar refractivity (Wildman–Crippen MR) is 133 cm³/mol. The van der Waals surface area contributed by atoms with Crippen molar-refractivity contribution in [3.8, 4) is 5.75 Å². The molecule has 1 aromatic heterocycles. The molecule has 10 heteroatoms. The van der Waals surface area contributed by atoms with E-state index in [9.17, 15) is 19.5 Å². The standard InChI is InChI=1S/C26H27ClN4O5/c1-16(26(34)35)29-25(33)22-12-21-23(30(15-28-21)13-18-7-3-4-9-20(18)27)14-31(22)24(32)11-17-6-5-8-19(10-17)36-2/h3-10,15-16,22H,11-14H2,1-2H3,(H,29,33)(H,34,35). The Bertz CT molecular complexity index is 1290. The molecule has 2 unspecified atom stereocenters. The molecule has 0 saturated carbocycles. The highest BCUT2D eigenvalue weighted by Gasteiger charge is 2.37. The van der Waals surface area contributed by atoms with Gasteiger partial charge in [0.15, 0.2) is 0 Å². The number of halogens is 1. The van der Waals surface area contributed by atoms with Crippen LogP contribution in [0.15, 0.2) is 54.9 Å². The van der Waals surface area contributed by atoms with E-state index in [-0.39, 0.29) is 25.3 Å². The number of carbonyl (C=O) groups is 3. The molecule has 0 saturated heterocycles. The third kappa shape index (κ3) is 5.52. The Morgan fingerprint density at radius 1 is 1.22 bits per heavy atom. The van der Waals surface area contributed by atoms with Gasteiger partial charge in [-0.15, -0.1) is 0 Å². The molecule has 3 aromatic rings. The van der Waals surface area contributed by atoms with Crippen molar-refractivity contribution >= 4 is 29.4 Å². The van der Waals surface area contributed by atoms with Crippen molar-refractivity contribution in [1.29, 1.82) is 0 Å². The van der Waals surface area contributed by atoms with E-state index in [1.54, 1.807) is 31.6 Å². The first-order chi connectivity index (χ1) is 17.3. The molecule has 2 aromatic carbocycles. The summed E-state index contributed by atoms with van der Waals surface area (Å²) in [5, 5.41) is 12.4. The smallest absolute Gasteiger partial charge is 0.325 e. The molecule has 0 fully saturated rings. The molecular weight excluding hydrogens is 484 g/mol. The normalized spacial score (nSPS) is 15.6. The van der Waals surface area contributed by atoms with E-state index < -0.39 is 24.0 Å². The SMILES string of the molecule is COc1cccc(CC(=O)N2Cc3c(ncn3Cc3ccccc3Cl)CC2C(=O)NC(C)C(=O)O)c1. The summed E-state index contributed by atoms with van der Waals surface area (Å²) in [5.41, 5.74) is 3.15. The number of amides is 2.